The van der Waals surface area contributed by atoms with Crippen LogP contribution in [0.5, 0.6) is 0 Å². The number of halogens is 2. The summed E-state index contributed by atoms with van der Waals surface area (Å²) in [5, 5.41) is 11.7. The summed E-state index contributed by atoms with van der Waals surface area (Å²) in [6.07, 6.45) is 0.408. The van der Waals surface area contributed by atoms with Gasteiger partial charge in [-0.1, -0.05) is 29.8 Å². The fourth-order valence-electron chi connectivity index (χ4n) is 1.60. The highest BCUT2D eigenvalue weighted by atomic mass is 127. The second kappa shape index (κ2) is 7.23. The number of nitrogens with one attached hydrogen (secondary N) is 1. The molecule has 0 radical (unpaired) electrons. The molecule has 19 heavy (non-hydrogen) atoms. The van der Waals surface area contributed by atoms with E-state index < -0.39 is 12.0 Å². The van der Waals surface area contributed by atoms with Gasteiger partial charge in [0.05, 0.1) is 5.56 Å². The fraction of sp³-hybridized carbons (Fsp3) is 0.385. The Hall–Kier alpha value is -0.630. The normalized spacial score (nSPS) is 12.3. The number of aliphatic carboxylic acids is 1. The van der Waals surface area contributed by atoms with E-state index in [-0.39, 0.29) is 11.8 Å². The maximum Gasteiger partial charge on any atom is 0.326 e. The van der Waals surface area contributed by atoms with Crippen molar-refractivity contribution in [2.24, 2.45) is 5.92 Å². The number of rotatable bonds is 5. The Balaban J connectivity index is 2.87. The fourth-order valence-corrected chi connectivity index (χ4v) is 2.54. The van der Waals surface area contributed by atoms with Crippen LogP contribution in [0.1, 0.15) is 30.6 Å². The number of carbonyl (C=O) groups excluding carboxylic acids is 1. The molecule has 0 saturated heterocycles. The van der Waals surface area contributed by atoms with Crippen molar-refractivity contribution in [3.63, 3.8) is 0 Å². The Bertz CT molecular complexity index is 491. The summed E-state index contributed by atoms with van der Waals surface area (Å²) in [6, 6.07) is 4.46. The average molecular weight is 440 g/mol. The van der Waals surface area contributed by atoms with E-state index >= 15 is 0 Å². The maximum absolute atomic E-state index is 12.1. The molecule has 1 atom stereocenters. The van der Waals surface area contributed by atoms with Crippen LogP contribution >= 0.6 is 38.5 Å². The highest BCUT2D eigenvalue weighted by Gasteiger charge is 2.22. The number of hydrogen-bond acceptors (Lipinski definition) is 2. The first kappa shape index (κ1) is 16.4. The largest absolute Gasteiger partial charge is 0.480 e. The summed E-state index contributed by atoms with van der Waals surface area (Å²) in [5.74, 6) is -1.17. The van der Waals surface area contributed by atoms with Crippen LogP contribution in [0.3, 0.4) is 0 Å². The van der Waals surface area contributed by atoms with Gasteiger partial charge in [-0.25, -0.2) is 4.79 Å². The van der Waals surface area contributed by atoms with E-state index in [2.05, 4.69) is 43.8 Å². The zero-order chi connectivity index (χ0) is 14.6. The van der Waals surface area contributed by atoms with Gasteiger partial charge < -0.3 is 10.4 Å². The molecule has 0 spiro atoms. The van der Waals surface area contributed by atoms with Crippen LogP contribution in [-0.4, -0.2) is 23.0 Å². The van der Waals surface area contributed by atoms with Gasteiger partial charge in [-0.15, -0.1) is 0 Å². The van der Waals surface area contributed by atoms with Crippen LogP contribution in [-0.2, 0) is 4.79 Å². The van der Waals surface area contributed by atoms with Crippen molar-refractivity contribution >= 4 is 50.4 Å². The van der Waals surface area contributed by atoms with E-state index in [4.69, 9.17) is 5.11 Å². The molecule has 0 bridgehead atoms. The molecule has 0 aliphatic rings. The number of carboxylic acid groups (broad SMARTS) is 1. The predicted octanol–water partition coefficient (Wildman–Crippen LogP) is 3.28. The van der Waals surface area contributed by atoms with E-state index in [0.29, 0.717) is 12.0 Å². The van der Waals surface area contributed by atoms with Gasteiger partial charge >= 0.3 is 5.97 Å². The topological polar surface area (TPSA) is 66.4 Å². The molecule has 0 heterocycles. The van der Waals surface area contributed by atoms with Crippen LogP contribution < -0.4 is 5.32 Å². The molecule has 104 valence electrons. The van der Waals surface area contributed by atoms with Crippen LogP contribution in [0.15, 0.2) is 22.7 Å². The van der Waals surface area contributed by atoms with Gasteiger partial charge in [0.25, 0.3) is 5.91 Å². The minimum atomic E-state index is -1.01. The van der Waals surface area contributed by atoms with Gasteiger partial charge in [-0.05, 0) is 53.1 Å². The first-order chi connectivity index (χ1) is 8.81. The van der Waals surface area contributed by atoms with Crippen molar-refractivity contribution in [2.75, 3.05) is 0 Å². The summed E-state index contributed by atoms with van der Waals surface area (Å²) < 4.78 is 1.57. The Morgan fingerprint density at radius 3 is 2.58 bits per heavy atom. The van der Waals surface area contributed by atoms with Crippen LogP contribution in [0.2, 0.25) is 0 Å². The Kier molecular flexibility index (Phi) is 6.25. The molecule has 0 fully saturated rings. The lowest BCUT2D eigenvalue weighted by atomic mass is 10.0. The smallest absolute Gasteiger partial charge is 0.326 e. The Morgan fingerprint density at radius 1 is 1.42 bits per heavy atom. The quantitative estimate of drug-likeness (QED) is 0.692. The molecule has 1 amide bonds. The Morgan fingerprint density at radius 2 is 2.05 bits per heavy atom. The van der Waals surface area contributed by atoms with E-state index in [0.717, 1.165) is 8.04 Å². The van der Waals surface area contributed by atoms with Crippen LogP contribution in [0.4, 0.5) is 0 Å². The summed E-state index contributed by atoms with van der Waals surface area (Å²) >= 11 is 5.35. The second-order valence-corrected chi connectivity index (χ2v) is 6.70. The van der Waals surface area contributed by atoms with Gasteiger partial charge in [0.1, 0.15) is 6.04 Å². The van der Waals surface area contributed by atoms with Gasteiger partial charge in [-0.3, -0.25) is 4.79 Å². The lowest BCUT2D eigenvalue weighted by Gasteiger charge is -2.17. The summed E-state index contributed by atoms with van der Waals surface area (Å²) in [5.41, 5.74) is 0.477. The standard InChI is InChI=1S/C13H15BrINO3/c1-7(2)5-11(13(18)19)16-12(17)9-6-8(14)3-4-10(9)15/h3-4,6-7,11H,5H2,1-2H3,(H,16,17)(H,18,19)/t11-/m0/s1. The predicted molar refractivity (Wildman–Crippen MR) is 85.2 cm³/mol. The average Bonchev–Trinajstić information content (AvgIpc) is 2.30. The lowest BCUT2D eigenvalue weighted by molar-refractivity contribution is -0.139. The maximum atomic E-state index is 12.1. The van der Waals surface area contributed by atoms with E-state index in [1.807, 2.05) is 19.9 Å². The highest BCUT2D eigenvalue weighted by molar-refractivity contribution is 14.1. The van der Waals surface area contributed by atoms with Crippen molar-refractivity contribution in [3.05, 3.63) is 31.8 Å². The van der Waals surface area contributed by atoms with E-state index in [1.165, 1.54) is 0 Å². The molecule has 0 aliphatic carbocycles. The number of amides is 1. The van der Waals surface area contributed by atoms with Crippen molar-refractivity contribution in [1.29, 1.82) is 0 Å². The number of hydrogen-bond donors (Lipinski definition) is 2. The SMILES string of the molecule is CC(C)C[C@H](NC(=O)c1cc(Br)ccc1I)C(=O)O. The molecular weight excluding hydrogens is 425 g/mol. The van der Waals surface area contributed by atoms with Crippen LogP contribution in [0, 0.1) is 9.49 Å². The third-order valence-electron chi connectivity index (χ3n) is 2.48. The van der Waals surface area contributed by atoms with Crippen LogP contribution in [0.25, 0.3) is 0 Å². The summed E-state index contributed by atoms with van der Waals surface area (Å²) in [7, 11) is 0. The molecule has 6 heteroatoms. The number of carboxylic acids is 1. The molecule has 1 aromatic carbocycles. The van der Waals surface area contributed by atoms with Crippen molar-refractivity contribution in [3.8, 4) is 0 Å². The molecule has 1 aromatic rings. The Labute approximate surface area is 134 Å². The summed E-state index contributed by atoms with van der Waals surface area (Å²) in [6.45, 7) is 3.84. The third-order valence-corrected chi connectivity index (χ3v) is 3.92. The molecule has 0 saturated carbocycles. The van der Waals surface area contributed by atoms with Crippen molar-refractivity contribution in [2.45, 2.75) is 26.3 Å². The van der Waals surface area contributed by atoms with Gasteiger partial charge in [0.2, 0.25) is 0 Å². The molecule has 4 nitrogen and oxygen atoms in total. The molecule has 0 unspecified atom stereocenters. The zero-order valence-corrected chi connectivity index (χ0v) is 14.4. The molecular formula is C13H15BrINO3. The summed E-state index contributed by atoms with van der Waals surface area (Å²) in [4.78, 5) is 23.2. The second-order valence-electron chi connectivity index (χ2n) is 4.62. The molecule has 0 aliphatic heterocycles. The van der Waals surface area contributed by atoms with Gasteiger partial charge in [0.15, 0.2) is 0 Å². The highest BCUT2D eigenvalue weighted by Crippen LogP contribution is 2.18. The minimum absolute atomic E-state index is 0.197. The van der Waals surface area contributed by atoms with Gasteiger partial charge in [0, 0.05) is 8.04 Å². The van der Waals surface area contributed by atoms with E-state index in [9.17, 15) is 9.59 Å². The van der Waals surface area contributed by atoms with E-state index in [1.54, 1.807) is 12.1 Å². The lowest BCUT2D eigenvalue weighted by Crippen LogP contribution is -2.41. The van der Waals surface area contributed by atoms with Crippen molar-refractivity contribution < 1.29 is 14.7 Å². The van der Waals surface area contributed by atoms with Gasteiger partial charge in [-0.2, -0.15) is 0 Å². The first-order valence-corrected chi connectivity index (χ1v) is 7.67. The molecule has 1 rings (SSSR count). The molecule has 0 aromatic heterocycles. The molecule has 2 N–H and O–H groups in total. The first-order valence-electron chi connectivity index (χ1n) is 5.80. The third kappa shape index (κ3) is 5.10. The number of carbonyl (C=O) groups is 2. The monoisotopic (exact) mass is 439 g/mol. The minimum Gasteiger partial charge on any atom is -0.480 e. The van der Waals surface area contributed by atoms with Crippen molar-refractivity contribution in [1.82, 2.24) is 5.32 Å². The number of benzene rings is 1. The zero-order valence-electron chi connectivity index (χ0n) is 10.6.